The molecule has 3 heterocycles. The summed E-state index contributed by atoms with van der Waals surface area (Å²) >= 11 is 4.01. The molecule has 2 aliphatic rings. The average molecular weight is 390 g/mol. The van der Waals surface area contributed by atoms with Crippen LogP contribution in [-0.4, -0.2) is 45.5 Å². The van der Waals surface area contributed by atoms with E-state index < -0.39 is 0 Å². The lowest BCUT2D eigenvalue weighted by Gasteiger charge is -2.31. The van der Waals surface area contributed by atoms with Gasteiger partial charge in [0.2, 0.25) is 5.89 Å². The summed E-state index contributed by atoms with van der Waals surface area (Å²) in [7, 11) is 0. The summed E-state index contributed by atoms with van der Waals surface area (Å²) in [5.74, 6) is 3.99. The summed E-state index contributed by atoms with van der Waals surface area (Å²) in [5, 5.41) is 3.88. The Hall–Kier alpha value is -1.47. The van der Waals surface area contributed by atoms with Gasteiger partial charge in [-0.25, -0.2) is 0 Å². The van der Waals surface area contributed by atoms with E-state index >= 15 is 0 Å². The maximum Gasteiger partial charge on any atom is 0.253 e. The van der Waals surface area contributed by atoms with Crippen LogP contribution in [0, 0.1) is 6.92 Å². The van der Waals surface area contributed by atoms with Gasteiger partial charge in [0.15, 0.2) is 5.82 Å². The Bertz CT molecular complexity index is 756. The van der Waals surface area contributed by atoms with Gasteiger partial charge in [-0.05, 0) is 55.4 Å². The fourth-order valence-electron chi connectivity index (χ4n) is 3.49. The zero-order valence-corrected chi connectivity index (χ0v) is 16.5. The van der Waals surface area contributed by atoms with Crippen LogP contribution in [0.1, 0.15) is 57.4 Å². The Balaban J connectivity index is 1.43. The maximum absolute atomic E-state index is 12.9. The molecule has 2 aliphatic heterocycles. The lowest BCUT2D eigenvalue weighted by Crippen LogP contribution is -2.39. The van der Waals surface area contributed by atoms with Gasteiger partial charge in [0.25, 0.3) is 5.91 Å². The van der Waals surface area contributed by atoms with Crippen LogP contribution in [0.2, 0.25) is 0 Å². The van der Waals surface area contributed by atoms with Crippen LogP contribution in [0.5, 0.6) is 0 Å². The zero-order valence-electron chi connectivity index (χ0n) is 14.9. The topological polar surface area (TPSA) is 59.2 Å². The first kappa shape index (κ1) is 17.9. The van der Waals surface area contributed by atoms with Crippen molar-refractivity contribution in [2.24, 2.45) is 0 Å². The highest BCUT2D eigenvalue weighted by Gasteiger charge is 2.29. The molecule has 1 aromatic carbocycles. The number of amides is 1. The van der Waals surface area contributed by atoms with Crippen molar-refractivity contribution in [3.8, 4) is 0 Å². The quantitative estimate of drug-likeness (QED) is 0.781. The third-order valence-corrected chi connectivity index (χ3v) is 7.87. The summed E-state index contributed by atoms with van der Waals surface area (Å²) in [6.45, 7) is 3.26. The lowest BCUT2D eigenvalue weighted by molar-refractivity contribution is 0.0695. The Morgan fingerprint density at radius 3 is 2.65 bits per heavy atom. The van der Waals surface area contributed by atoms with Crippen LogP contribution in [0.3, 0.4) is 0 Å². The molecule has 0 radical (unpaired) electrons. The number of likely N-dealkylation sites (tertiary alicyclic amines) is 1. The highest BCUT2D eigenvalue weighted by Crippen LogP contribution is 2.43. The molecule has 0 spiro atoms. The van der Waals surface area contributed by atoms with Gasteiger partial charge in [-0.3, -0.25) is 4.79 Å². The van der Waals surface area contributed by atoms with Gasteiger partial charge in [-0.1, -0.05) is 17.3 Å². The summed E-state index contributed by atoms with van der Waals surface area (Å²) in [6, 6.07) is 8.19. The van der Waals surface area contributed by atoms with E-state index in [-0.39, 0.29) is 11.8 Å². The predicted octanol–water partition coefficient (Wildman–Crippen LogP) is 4.27. The molecule has 2 aromatic rings. The third kappa shape index (κ3) is 3.93. The first-order valence-electron chi connectivity index (χ1n) is 9.13. The first-order valence-corrected chi connectivity index (χ1v) is 11.2. The number of nitrogens with zero attached hydrogens (tertiary/aromatic N) is 3. The van der Waals surface area contributed by atoms with Crippen LogP contribution in [0.15, 0.2) is 28.8 Å². The largest absolute Gasteiger partial charge is 0.339 e. The number of hydrogen-bond acceptors (Lipinski definition) is 6. The Kier molecular flexibility index (Phi) is 5.55. The zero-order chi connectivity index (χ0) is 17.9. The van der Waals surface area contributed by atoms with E-state index in [0.717, 1.165) is 24.9 Å². The van der Waals surface area contributed by atoms with Crippen LogP contribution >= 0.6 is 23.5 Å². The number of hydrogen-bond donors (Lipinski definition) is 0. The molecule has 1 amide bonds. The van der Waals surface area contributed by atoms with Crippen LogP contribution in [0.4, 0.5) is 0 Å². The van der Waals surface area contributed by atoms with E-state index in [0.29, 0.717) is 22.8 Å². The van der Waals surface area contributed by atoms with Crippen molar-refractivity contribution in [3.63, 3.8) is 0 Å². The molecule has 0 N–H and O–H groups in total. The minimum Gasteiger partial charge on any atom is -0.339 e. The van der Waals surface area contributed by atoms with E-state index in [1.807, 2.05) is 47.5 Å². The predicted molar refractivity (Wildman–Crippen MR) is 106 cm³/mol. The number of benzene rings is 1. The highest BCUT2D eigenvalue weighted by molar-refractivity contribution is 8.16. The Morgan fingerprint density at radius 1 is 1.19 bits per heavy atom. The van der Waals surface area contributed by atoms with Gasteiger partial charge in [0, 0.05) is 18.7 Å². The van der Waals surface area contributed by atoms with Crippen molar-refractivity contribution in [3.05, 3.63) is 47.1 Å². The molecule has 1 aromatic heterocycles. The van der Waals surface area contributed by atoms with E-state index in [2.05, 4.69) is 22.3 Å². The normalized spacial score (nSPS) is 21.7. The maximum atomic E-state index is 12.9. The second-order valence-electron chi connectivity index (χ2n) is 6.82. The van der Waals surface area contributed by atoms with E-state index in [9.17, 15) is 4.79 Å². The molecular weight excluding hydrogens is 366 g/mol. The molecule has 138 valence electrons. The van der Waals surface area contributed by atoms with Crippen LogP contribution in [0.25, 0.3) is 0 Å². The number of thioether (sulfide) groups is 2. The van der Waals surface area contributed by atoms with Crippen LogP contribution in [-0.2, 0) is 0 Å². The number of aryl methyl sites for hydroxylation is 1. The minimum atomic E-state index is 0.0986. The van der Waals surface area contributed by atoms with Gasteiger partial charge in [0.1, 0.15) is 0 Å². The van der Waals surface area contributed by atoms with Gasteiger partial charge in [-0.15, -0.1) is 23.5 Å². The van der Waals surface area contributed by atoms with Crippen molar-refractivity contribution in [2.75, 3.05) is 24.6 Å². The van der Waals surface area contributed by atoms with Gasteiger partial charge < -0.3 is 9.42 Å². The average Bonchev–Trinajstić information content (AvgIpc) is 3.15. The second kappa shape index (κ2) is 8.05. The molecule has 4 rings (SSSR count). The number of piperidine rings is 1. The SMILES string of the molecule is Cc1noc(C2CCCN(C(=O)c3ccc(C4SCCCS4)cc3)C2)n1. The van der Waals surface area contributed by atoms with Crippen molar-refractivity contribution >= 4 is 29.4 Å². The molecule has 0 bridgehead atoms. The van der Waals surface area contributed by atoms with Crippen LogP contribution < -0.4 is 0 Å². The summed E-state index contributed by atoms with van der Waals surface area (Å²) in [4.78, 5) is 19.2. The van der Waals surface area contributed by atoms with Crippen molar-refractivity contribution in [1.82, 2.24) is 15.0 Å². The summed E-state index contributed by atoms with van der Waals surface area (Å²) < 4.78 is 5.82. The smallest absolute Gasteiger partial charge is 0.253 e. The molecule has 5 nitrogen and oxygen atoms in total. The summed E-state index contributed by atoms with van der Waals surface area (Å²) in [6.07, 6.45) is 3.24. The first-order chi connectivity index (χ1) is 12.7. The van der Waals surface area contributed by atoms with Crippen molar-refractivity contribution < 1.29 is 9.32 Å². The second-order valence-corrected chi connectivity index (χ2v) is 9.54. The molecule has 26 heavy (non-hydrogen) atoms. The third-order valence-electron chi connectivity index (χ3n) is 4.86. The Labute approximate surface area is 162 Å². The highest BCUT2D eigenvalue weighted by atomic mass is 32.2. The number of carbonyl (C=O) groups is 1. The fourth-order valence-corrected chi connectivity index (χ4v) is 6.38. The molecule has 1 atom stereocenters. The molecule has 0 aliphatic carbocycles. The molecule has 2 fully saturated rings. The van der Waals surface area contributed by atoms with E-state index in [1.54, 1.807) is 0 Å². The molecule has 1 unspecified atom stereocenters. The fraction of sp³-hybridized carbons (Fsp3) is 0.526. The number of carbonyl (C=O) groups excluding carboxylic acids is 1. The van der Waals surface area contributed by atoms with E-state index in [4.69, 9.17) is 4.52 Å². The number of rotatable bonds is 3. The van der Waals surface area contributed by atoms with Crippen molar-refractivity contribution in [2.45, 2.75) is 36.7 Å². The monoisotopic (exact) mass is 389 g/mol. The Morgan fingerprint density at radius 2 is 1.96 bits per heavy atom. The van der Waals surface area contributed by atoms with Gasteiger partial charge in [-0.2, -0.15) is 4.98 Å². The lowest BCUT2D eigenvalue weighted by atomic mass is 9.97. The molecular formula is C19H23N3O2S2. The standard InChI is InChI=1S/C19H23N3O2S2/c1-13-20-17(24-21-13)16-4-2-9-22(12-16)18(23)14-5-7-15(8-6-14)19-25-10-3-11-26-19/h5-8,16,19H,2-4,9-12H2,1H3. The van der Waals surface area contributed by atoms with E-state index in [1.165, 1.54) is 23.5 Å². The molecule has 2 saturated heterocycles. The molecule has 7 heteroatoms. The summed E-state index contributed by atoms with van der Waals surface area (Å²) in [5.41, 5.74) is 2.08. The van der Waals surface area contributed by atoms with Gasteiger partial charge in [0.05, 0.1) is 10.5 Å². The molecule has 0 saturated carbocycles. The van der Waals surface area contributed by atoms with Gasteiger partial charge >= 0.3 is 0 Å². The minimum absolute atomic E-state index is 0.0986. The number of aromatic nitrogens is 2. The van der Waals surface area contributed by atoms with Crippen molar-refractivity contribution in [1.29, 1.82) is 0 Å².